The number of carbonyl (C=O) groups is 5. The molecule has 0 saturated carbocycles. The SMILES string of the molecule is CCC(C)n1nc(C)n(-c2ccc(N3CCCN(c4ccc(C(=O)NO)cc4)CC3)cc2)c1=O.C[N+](=O)c1ccc(N2CCC(Cc3ccccc3)CC2)c(C(=O)NO)c1.C[N+](=O)c1ccc(N2CCN(c3ccccc3Cl)CC2)c(C(=O)NO)c1.Cc1ccc(C(CCCN2CCN(c3ccc(C(=O)NO)cc3[N+](=O)[O-])CC2)c2ccc(F)cc2)cc1.Cc1cccc(N2CCN(c3ccc(C(=O)NO)cc3[N+](=O)[O-])CC2)c1. The van der Waals surface area contributed by atoms with Crippen LogP contribution in [-0.2, 0) is 6.42 Å². The molecule has 17 rings (SSSR count). The van der Waals surface area contributed by atoms with E-state index in [4.69, 9.17) is 37.6 Å². The van der Waals surface area contributed by atoms with Gasteiger partial charge in [-0.25, -0.2) is 45.8 Å². The average molecular weight is 2060 g/mol. The highest BCUT2D eigenvalue weighted by molar-refractivity contribution is 6.33. The molecule has 5 aliphatic rings. The lowest BCUT2D eigenvalue weighted by atomic mass is 9.87. The van der Waals surface area contributed by atoms with Gasteiger partial charge in [0.05, 0.1) is 54.8 Å². The minimum absolute atomic E-state index is 0.0286. The van der Waals surface area contributed by atoms with Crippen molar-refractivity contribution in [3.8, 4) is 5.69 Å². The molecule has 40 heteroatoms. The van der Waals surface area contributed by atoms with E-state index in [0.29, 0.717) is 105 Å². The molecule has 12 aromatic rings. The zero-order valence-corrected chi connectivity index (χ0v) is 85.1. The van der Waals surface area contributed by atoms with E-state index in [1.54, 1.807) is 74.2 Å². The van der Waals surface area contributed by atoms with Crippen LogP contribution < -0.4 is 72.3 Å². The second kappa shape index (κ2) is 52.9. The first-order chi connectivity index (χ1) is 71.9. The molecule has 10 N–H and O–H groups in total. The quantitative estimate of drug-likeness (QED) is 0.00942. The van der Waals surface area contributed by atoms with Gasteiger partial charge in [0.25, 0.3) is 52.3 Å². The van der Waals surface area contributed by atoms with Gasteiger partial charge in [-0.3, -0.25) is 75.1 Å². The van der Waals surface area contributed by atoms with Crippen molar-refractivity contribution in [3.63, 3.8) is 0 Å². The minimum Gasteiger partial charge on any atom is -0.371 e. The maximum atomic E-state index is 13.5. The van der Waals surface area contributed by atoms with Gasteiger partial charge in [-0.2, -0.15) is 5.10 Å². The summed E-state index contributed by atoms with van der Waals surface area (Å²) in [5, 5.41) is 72.6. The monoisotopic (exact) mass is 2060 g/mol. The Hall–Kier alpha value is -15.9. The summed E-state index contributed by atoms with van der Waals surface area (Å²) in [5.74, 6) is -2.07. The van der Waals surface area contributed by atoms with E-state index < -0.39 is 39.4 Å². The van der Waals surface area contributed by atoms with Crippen molar-refractivity contribution in [2.75, 3.05) is 178 Å². The summed E-state index contributed by atoms with van der Waals surface area (Å²) in [7, 11) is 2.74. The number of aromatic nitrogens is 3. The molecule has 6 heterocycles. The number of hydrogen-bond acceptors (Lipinski definition) is 27. The predicted octanol–water partition coefficient (Wildman–Crippen LogP) is 16.5. The van der Waals surface area contributed by atoms with E-state index in [1.165, 1.54) is 95.8 Å². The first kappa shape index (κ1) is 110. The highest BCUT2D eigenvalue weighted by atomic mass is 35.5. The maximum Gasteiger partial charge on any atom is 0.350 e. The summed E-state index contributed by atoms with van der Waals surface area (Å²) in [6.45, 7) is 24.6. The number of benzene rings is 11. The second-order valence-electron chi connectivity index (χ2n) is 37.1. The highest BCUT2D eigenvalue weighted by Gasteiger charge is 2.33. The van der Waals surface area contributed by atoms with Crippen LogP contribution in [0.1, 0.15) is 150 Å². The number of hydrogen-bond donors (Lipinski definition) is 10. The molecule has 2 unspecified atom stereocenters. The first-order valence-electron chi connectivity index (χ1n) is 49.5. The number of para-hydroxylation sites is 1. The molecule has 11 aromatic carbocycles. The molecule has 5 fully saturated rings. The van der Waals surface area contributed by atoms with Crippen molar-refractivity contribution in [2.45, 2.75) is 91.5 Å². The highest BCUT2D eigenvalue weighted by Crippen LogP contribution is 2.38. The van der Waals surface area contributed by atoms with Crippen LogP contribution in [0.2, 0.25) is 5.02 Å². The van der Waals surface area contributed by atoms with E-state index in [2.05, 4.69) is 119 Å². The number of hydroxylamine groups is 5. The number of rotatable bonds is 28. The van der Waals surface area contributed by atoms with Gasteiger partial charge in [-0.1, -0.05) is 115 Å². The summed E-state index contributed by atoms with van der Waals surface area (Å²) >= 11 is 6.27. The third-order valence-electron chi connectivity index (χ3n) is 27.5. The molecule has 5 amide bonds. The Morgan fingerprint density at radius 3 is 1.32 bits per heavy atom. The normalized spacial score (nSPS) is 14.7. The number of nitrogens with one attached hydrogen (secondary N) is 5. The number of amides is 5. The topological polar surface area (TPSA) is 442 Å². The minimum atomic E-state index is -0.788. The summed E-state index contributed by atoms with van der Waals surface area (Å²) in [6.07, 6.45) is 6.88. The van der Waals surface area contributed by atoms with Crippen molar-refractivity contribution in [1.29, 1.82) is 0 Å². The molecule has 5 aliphatic heterocycles. The van der Waals surface area contributed by atoms with E-state index in [0.717, 1.165) is 170 Å². The van der Waals surface area contributed by atoms with Gasteiger partial charge in [-0.15, -0.1) is 0 Å². The Bertz CT molecular complexity index is 6650. The number of nitro benzene ring substituents is 2. The molecule has 5 saturated heterocycles. The van der Waals surface area contributed by atoms with Crippen molar-refractivity contribution in [2.24, 2.45) is 5.92 Å². The molecule has 0 bridgehead atoms. The number of halogens is 2. The third kappa shape index (κ3) is 28.9. The zero-order chi connectivity index (χ0) is 106. The van der Waals surface area contributed by atoms with Gasteiger partial charge in [0.1, 0.15) is 23.0 Å². The Labute approximate surface area is 867 Å². The Balaban J connectivity index is 0.000000157. The number of anilines is 8. The standard InChI is InChI=1S/C28H31FN4O4.C25H32N6O3.C20H23N3O3.C18H19ClN4O3.C18H20N4O4/c1-20-4-6-21(7-5-20)25(22-8-11-24(29)12-9-22)3-2-14-31-15-17-32(18-16-31)26-13-10-23(28(34)30-35)19-27(26)33(36)37;1-4-18(2)31-25(33)30(19(3)26-31)23-12-10-22(11-13-23)29-15-5-14-28(16-17-29)21-8-6-20(7-9-21)24(32)27-34;1-22(26)17-7-8-19(18(14-17)20(24)21-25)23-11-9-16(10-12-23)13-15-5-3-2-4-6-15;1-21(26)13-6-7-16(14(12-13)18(24)20-25)22-8-10-23(11-9-22)17-5-3-2-4-15(17)19;1-13-3-2-4-15(11-13)20-7-9-21(10-8-20)16-6-5-14(18(23)19-24)12-17(16)22(25)26/h4-13,19,25,35H,2-3,14-18H2,1H3,(H,30,34);6-13,18,34H,4-5,14-17H2,1-3H3,(H,27,32);2-8,14,16H,9-13H2,1H3,(H-,21,24,25);2-7,12H,8-11H2,1H3,(H-,20,24,25);2-6,11-12,24H,7-10H2,1H3,(H,19,23)/p+2. The fraction of sp³-hybridized carbons (Fsp3) is 0.330. The second-order valence-corrected chi connectivity index (χ2v) is 37.5. The summed E-state index contributed by atoms with van der Waals surface area (Å²) in [6, 6.07) is 75.5. The molecule has 782 valence electrons. The first-order valence-corrected chi connectivity index (χ1v) is 49.9. The summed E-state index contributed by atoms with van der Waals surface area (Å²) < 4.78 is 18.1. The summed E-state index contributed by atoms with van der Waals surface area (Å²) in [5.41, 5.74) is 23.0. The van der Waals surface area contributed by atoms with E-state index in [-0.39, 0.29) is 51.5 Å². The van der Waals surface area contributed by atoms with E-state index in [1.807, 2.05) is 116 Å². The molecule has 0 spiro atoms. The predicted molar refractivity (Wildman–Crippen MR) is 571 cm³/mol. The fourth-order valence-electron chi connectivity index (χ4n) is 19.1. The zero-order valence-electron chi connectivity index (χ0n) is 84.3. The van der Waals surface area contributed by atoms with Gasteiger partial charge in [0, 0.05) is 213 Å². The van der Waals surface area contributed by atoms with Crippen LogP contribution in [0.5, 0.6) is 0 Å². The number of aryl methyl sites for hydroxylation is 3. The van der Waals surface area contributed by atoms with Crippen molar-refractivity contribution in [3.05, 3.63) is 362 Å². The van der Waals surface area contributed by atoms with Crippen LogP contribution in [0.15, 0.2) is 254 Å². The lowest BCUT2D eigenvalue weighted by Gasteiger charge is -2.38. The molecule has 149 heavy (non-hydrogen) atoms. The number of nitro groups is 2. The van der Waals surface area contributed by atoms with Gasteiger partial charge in [0.2, 0.25) is 0 Å². The van der Waals surface area contributed by atoms with Crippen LogP contribution in [-0.4, -0.2) is 233 Å². The number of carbonyl (C=O) groups excluding carboxylic acids is 5. The van der Waals surface area contributed by atoms with Crippen LogP contribution in [0.4, 0.5) is 72.6 Å². The van der Waals surface area contributed by atoms with Crippen LogP contribution in [0, 0.1) is 62.5 Å². The Morgan fingerprint density at radius 2 is 0.846 bits per heavy atom. The lowest BCUT2D eigenvalue weighted by molar-refractivity contribution is -0.428. The largest absolute Gasteiger partial charge is 0.371 e. The lowest BCUT2D eigenvalue weighted by Crippen LogP contribution is -2.47. The molecule has 1 aromatic heterocycles. The fourth-order valence-corrected chi connectivity index (χ4v) is 19.4. The third-order valence-corrected chi connectivity index (χ3v) is 27.9. The van der Waals surface area contributed by atoms with E-state index >= 15 is 0 Å². The van der Waals surface area contributed by atoms with Gasteiger partial charge in [0.15, 0.2) is 14.1 Å². The van der Waals surface area contributed by atoms with Crippen LogP contribution in [0.3, 0.4) is 0 Å². The van der Waals surface area contributed by atoms with Crippen LogP contribution in [0.25, 0.3) is 5.69 Å². The van der Waals surface area contributed by atoms with Crippen molar-refractivity contribution in [1.82, 2.24) is 46.6 Å². The van der Waals surface area contributed by atoms with Gasteiger partial charge in [-0.05, 0) is 229 Å². The molecular weight excluding hydrogens is 1930 g/mol. The maximum absolute atomic E-state index is 13.5. The number of nitroso groups, excluding NO2 is 2. The molecule has 2 atom stereocenters. The number of piperazine rings is 3. The molecule has 0 radical (unpaired) electrons. The Morgan fingerprint density at radius 1 is 0.430 bits per heavy atom. The molecule has 0 aliphatic carbocycles. The Kier molecular flexibility index (Phi) is 39.2. The van der Waals surface area contributed by atoms with E-state index in [9.17, 15) is 63.2 Å². The average Bonchev–Trinajstić information content (AvgIpc) is 1.74. The van der Waals surface area contributed by atoms with Crippen molar-refractivity contribution < 1.29 is 73.8 Å². The van der Waals surface area contributed by atoms with Crippen LogP contribution >= 0.6 is 11.6 Å². The molecular formula is C109H127ClFN21O17+2. The smallest absolute Gasteiger partial charge is 0.350 e. The van der Waals surface area contributed by atoms with Gasteiger partial charge < -0.3 is 39.2 Å². The van der Waals surface area contributed by atoms with Crippen molar-refractivity contribution >= 4 is 109 Å². The van der Waals surface area contributed by atoms with Gasteiger partial charge >= 0.3 is 5.69 Å². The summed E-state index contributed by atoms with van der Waals surface area (Å²) in [4.78, 5) is 136. The molecule has 38 nitrogen and oxygen atoms in total. The number of nitrogens with zero attached hydrogens (tertiary/aromatic N) is 16. The number of piperidine rings is 1.